The SMILES string of the molecule is COc1ccc(OC)c([C@H]2CCCN2C(=O)CNC(=O)c2ccc(N3CCCC3=O)cc2)c1. The summed E-state index contributed by atoms with van der Waals surface area (Å²) in [4.78, 5) is 41.0. The molecule has 8 nitrogen and oxygen atoms in total. The Hall–Kier alpha value is -3.55. The predicted molar refractivity (Wildman–Crippen MR) is 124 cm³/mol. The van der Waals surface area contributed by atoms with Gasteiger partial charge in [0.25, 0.3) is 5.91 Å². The fraction of sp³-hybridized carbons (Fsp3) is 0.400. The first-order valence-electron chi connectivity index (χ1n) is 11.2. The number of likely N-dealkylation sites (tertiary alicyclic amines) is 1. The molecule has 0 bridgehead atoms. The minimum absolute atomic E-state index is 0.0893. The van der Waals surface area contributed by atoms with Gasteiger partial charge in [0.15, 0.2) is 0 Å². The smallest absolute Gasteiger partial charge is 0.251 e. The van der Waals surface area contributed by atoms with Gasteiger partial charge in [-0.05, 0) is 61.7 Å². The molecule has 0 unspecified atom stereocenters. The van der Waals surface area contributed by atoms with Crippen LogP contribution in [0, 0.1) is 0 Å². The molecule has 33 heavy (non-hydrogen) atoms. The highest BCUT2D eigenvalue weighted by Crippen LogP contribution is 2.38. The summed E-state index contributed by atoms with van der Waals surface area (Å²) in [6.07, 6.45) is 3.10. The van der Waals surface area contributed by atoms with Crippen LogP contribution in [0.3, 0.4) is 0 Å². The van der Waals surface area contributed by atoms with Crippen LogP contribution in [-0.2, 0) is 9.59 Å². The van der Waals surface area contributed by atoms with E-state index < -0.39 is 0 Å². The molecule has 0 radical (unpaired) electrons. The van der Waals surface area contributed by atoms with Crippen LogP contribution in [-0.4, -0.2) is 56.5 Å². The van der Waals surface area contributed by atoms with Crippen LogP contribution >= 0.6 is 0 Å². The summed E-state index contributed by atoms with van der Waals surface area (Å²) < 4.78 is 10.9. The largest absolute Gasteiger partial charge is 0.497 e. The number of rotatable bonds is 7. The Labute approximate surface area is 193 Å². The number of nitrogens with one attached hydrogen (secondary N) is 1. The monoisotopic (exact) mass is 451 g/mol. The molecule has 1 N–H and O–H groups in total. The fourth-order valence-corrected chi connectivity index (χ4v) is 4.56. The molecule has 174 valence electrons. The predicted octanol–water partition coefficient (Wildman–Crippen LogP) is 2.92. The fourth-order valence-electron chi connectivity index (χ4n) is 4.56. The maximum Gasteiger partial charge on any atom is 0.251 e. The van der Waals surface area contributed by atoms with E-state index in [1.807, 2.05) is 18.2 Å². The van der Waals surface area contributed by atoms with Gasteiger partial charge in [0.05, 0.1) is 26.8 Å². The third-order valence-corrected chi connectivity index (χ3v) is 6.28. The molecule has 2 aromatic rings. The summed E-state index contributed by atoms with van der Waals surface area (Å²) in [6, 6.07) is 12.3. The molecule has 2 fully saturated rings. The van der Waals surface area contributed by atoms with Gasteiger partial charge in [0.2, 0.25) is 11.8 Å². The lowest BCUT2D eigenvalue weighted by Crippen LogP contribution is -2.40. The van der Waals surface area contributed by atoms with Gasteiger partial charge < -0.3 is 24.6 Å². The van der Waals surface area contributed by atoms with E-state index in [2.05, 4.69) is 5.32 Å². The van der Waals surface area contributed by atoms with Crippen LogP contribution in [0.15, 0.2) is 42.5 Å². The molecule has 4 rings (SSSR count). The van der Waals surface area contributed by atoms with Crippen molar-refractivity contribution in [1.29, 1.82) is 0 Å². The average Bonchev–Trinajstić information content (AvgIpc) is 3.51. The Kier molecular flexibility index (Phi) is 6.82. The first-order chi connectivity index (χ1) is 16.0. The second-order valence-electron chi connectivity index (χ2n) is 8.23. The zero-order valence-corrected chi connectivity index (χ0v) is 19.0. The van der Waals surface area contributed by atoms with E-state index in [-0.39, 0.29) is 30.3 Å². The highest BCUT2D eigenvalue weighted by molar-refractivity contribution is 5.98. The summed E-state index contributed by atoms with van der Waals surface area (Å²) in [5.74, 6) is 1.05. The number of methoxy groups -OCH3 is 2. The third-order valence-electron chi connectivity index (χ3n) is 6.28. The number of nitrogens with zero attached hydrogens (tertiary/aromatic N) is 2. The highest BCUT2D eigenvalue weighted by Gasteiger charge is 2.32. The molecule has 0 aromatic heterocycles. The molecule has 0 spiro atoms. The van der Waals surface area contributed by atoms with E-state index in [1.165, 1.54) is 0 Å². The van der Waals surface area contributed by atoms with Crippen molar-refractivity contribution in [1.82, 2.24) is 10.2 Å². The van der Waals surface area contributed by atoms with E-state index >= 15 is 0 Å². The number of carbonyl (C=O) groups excluding carboxylic acids is 3. The first-order valence-corrected chi connectivity index (χ1v) is 11.2. The van der Waals surface area contributed by atoms with Gasteiger partial charge in [0, 0.05) is 36.3 Å². The molecule has 2 aliphatic heterocycles. The number of hydrogen-bond donors (Lipinski definition) is 1. The van der Waals surface area contributed by atoms with Crippen LogP contribution in [0.25, 0.3) is 0 Å². The highest BCUT2D eigenvalue weighted by atomic mass is 16.5. The summed E-state index contributed by atoms with van der Waals surface area (Å²) in [5.41, 5.74) is 2.14. The van der Waals surface area contributed by atoms with Crippen molar-refractivity contribution in [3.8, 4) is 11.5 Å². The van der Waals surface area contributed by atoms with Crippen LogP contribution < -0.4 is 19.7 Å². The summed E-state index contributed by atoms with van der Waals surface area (Å²) in [6.45, 7) is 1.24. The topological polar surface area (TPSA) is 88.2 Å². The van der Waals surface area contributed by atoms with Crippen LogP contribution in [0.1, 0.15) is 47.6 Å². The Bertz CT molecular complexity index is 1040. The van der Waals surface area contributed by atoms with Crippen molar-refractivity contribution in [2.45, 2.75) is 31.7 Å². The molecule has 3 amide bonds. The number of hydrogen-bond acceptors (Lipinski definition) is 5. The zero-order valence-electron chi connectivity index (χ0n) is 19.0. The summed E-state index contributed by atoms with van der Waals surface area (Å²) in [5, 5.41) is 2.73. The molecule has 2 heterocycles. The van der Waals surface area contributed by atoms with Gasteiger partial charge in [-0.15, -0.1) is 0 Å². The van der Waals surface area contributed by atoms with Crippen LogP contribution in [0.5, 0.6) is 11.5 Å². The van der Waals surface area contributed by atoms with E-state index in [0.29, 0.717) is 36.6 Å². The average molecular weight is 452 g/mol. The van der Waals surface area contributed by atoms with E-state index in [9.17, 15) is 14.4 Å². The van der Waals surface area contributed by atoms with Gasteiger partial charge in [-0.1, -0.05) is 0 Å². The number of amides is 3. The molecule has 2 aliphatic rings. The van der Waals surface area contributed by atoms with Gasteiger partial charge in [-0.3, -0.25) is 14.4 Å². The molecule has 0 saturated carbocycles. The Morgan fingerprint density at radius 2 is 1.82 bits per heavy atom. The van der Waals surface area contributed by atoms with Gasteiger partial charge >= 0.3 is 0 Å². The van der Waals surface area contributed by atoms with E-state index in [0.717, 1.165) is 30.5 Å². The van der Waals surface area contributed by atoms with Crippen molar-refractivity contribution < 1.29 is 23.9 Å². The third kappa shape index (κ3) is 4.79. The van der Waals surface area contributed by atoms with Crippen LogP contribution in [0.4, 0.5) is 5.69 Å². The van der Waals surface area contributed by atoms with Crippen molar-refractivity contribution in [3.63, 3.8) is 0 Å². The Morgan fingerprint density at radius 1 is 1.03 bits per heavy atom. The molecule has 0 aliphatic carbocycles. The maximum absolute atomic E-state index is 13.0. The lowest BCUT2D eigenvalue weighted by atomic mass is 10.0. The minimum atomic E-state index is -0.322. The number of benzene rings is 2. The van der Waals surface area contributed by atoms with Gasteiger partial charge in [-0.25, -0.2) is 0 Å². The standard InChI is InChI=1S/C25H29N3O5/c1-32-19-11-12-22(33-2)20(15-19)21-5-3-14-28(21)24(30)16-26-25(31)17-7-9-18(10-8-17)27-13-4-6-23(27)29/h7-12,15,21H,3-6,13-14,16H2,1-2H3,(H,26,31)/t21-/m1/s1. The molecular weight excluding hydrogens is 422 g/mol. The quantitative estimate of drug-likeness (QED) is 0.699. The lowest BCUT2D eigenvalue weighted by molar-refractivity contribution is -0.131. The second kappa shape index (κ2) is 9.94. The second-order valence-corrected chi connectivity index (χ2v) is 8.23. The summed E-state index contributed by atoms with van der Waals surface area (Å²) in [7, 11) is 3.21. The minimum Gasteiger partial charge on any atom is -0.497 e. The van der Waals surface area contributed by atoms with Crippen molar-refractivity contribution in [2.75, 3.05) is 38.8 Å². The molecular formula is C25H29N3O5. The number of anilines is 1. The van der Waals surface area contributed by atoms with E-state index in [4.69, 9.17) is 9.47 Å². The lowest BCUT2D eigenvalue weighted by Gasteiger charge is -2.27. The van der Waals surface area contributed by atoms with Crippen LogP contribution in [0.2, 0.25) is 0 Å². The maximum atomic E-state index is 13.0. The Balaban J connectivity index is 1.39. The Morgan fingerprint density at radius 3 is 2.48 bits per heavy atom. The summed E-state index contributed by atoms with van der Waals surface area (Å²) >= 11 is 0. The van der Waals surface area contributed by atoms with Crippen molar-refractivity contribution in [2.24, 2.45) is 0 Å². The number of ether oxygens (including phenoxy) is 2. The van der Waals surface area contributed by atoms with Gasteiger partial charge in [-0.2, -0.15) is 0 Å². The zero-order chi connectivity index (χ0) is 23.4. The number of carbonyl (C=O) groups is 3. The van der Waals surface area contributed by atoms with Crippen molar-refractivity contribution >= 4 is 23.4 Å². The molecule has 2 aromatic carbocycles. The van der Waals surface area contributed by atoms with Gasteiger partial charge in [0.1, 0.15) is 11.5 Å². The molecule has 8 heteroatoms. The van der Waals surface area contributed by atoms with Crippen molar-refractivity contribution in [3.05, 3.63) is 53.6 Å². The normalized spacial score (nSPS) is 17.9. The van der Waals surface area contributed by atoms with E-state index in [1.54, 1.807) is 48.3 Å². The molecule has 2 saturated heterocycles. The first kappa shape index (κ1) is 22.6. The molecule has 1 atom stereocenters.